The van der Waals surface area contributed by atoms with Crippen LogP contribution in [0.4, 0.5) is 15.8 Å². The molecule has 3 rings (SSSR count). The van der Waals surface area contributed by atoms with Crippen molar-refractivity contribution >= 4 is 45.0 Å². The first kappa shape index (κ1) is 24.5. The van der Waals surface area contributed by atoms with Gasteiger partial charge in [0.1, 0.15) is 11.6 Å². The van der Waals surface area contributed by atoms with Crippen molar-refractivity contribution in [3.8, 4) is 0 Å². The predicted molar refractivity (Wildman–Crippen MR) is 125 cm³/mol. The largest absolute Gasteiger partial charge is 0.468 e. The van der Waals surface area contributed by atoms with Crippen molar-refractivity contribution < 1.29 is 26.8 Å². The van der Waals surface area contributed by atoms with Crippen molar-refractivity contribution in [2.45, 2.75) is 23.6 Å². The number of hydrogen-bond acceptors (Lipinski definition) is 6. The molecule has 0 saturated carbocycles. The van der Waals surface area contributed by atoms with Crippen LogP contribution in [0.3, 0.4) is 0 Å². The lowest BCUT2D eigenvalue weighted by atomic mass is 10.3. The maximum atomic E-state index is 12.9. The summed E-state index contributed by atoms with van der Waals surface area (Å²) in [4.78, 5) is 24.5. The number of hydrogen-bond donors (Lipinski definition) is 3. The summed E-state index contributed by atoms with van der Waals surface area (Å²) in [5, 5.41) is 4.70. The van der Waals surface area contributed by atoms with Crippen LogP contribution in [0, 0.1) is 5.82 Å². The molecule has 1 unspecified atom stereocenters. The number of carbonyl (C=O) groups is 2. The third kappa shape index (κ3) is 7.45. The second-order valence-corrected chi connectivity index (χ2v) is 10.0. The Morgan fingerprint density at radius 3 is 2.48 bits per heavy atom. The van der Waals surface area contributed by atoms with Gasteiger partial charge >= 0.3 is 0 Å². The third-order valence-corrected chi connectivity index (χ3v) is 6.93. The Balaban J connectivity index is 1.51. The van der Waals surface area contributed by atoms with Gasteiger partial charge in [-0.1, -0.05) is 6.07 Å². The van der Waals surface area contributed by atoms with Gasteiger partial charge in [0.05, 0.1) is 28.7 Å². The first-order valence-electron chi connectivity index (χ1n) is 9.83. The van der Waals surface area contributed by atoms with E-state index in [1.54, 1.807) is 25.1 Å². The normalized spacial score (nSPS) is 12.2. The molecular formula is C22H22FN3O5S2. The minimum absolute atomic E-state index is 0.000417. The van der Waals surface area contributed by atoms with Crippen molar-refractivity contribution in [1.29, 1.82) is 0 Å². The van der Waals surface area contributed by atoms with Gasteiger partial charge in [0.15, 0.2) is 0 Å². The maximum absolute atomic E-state index is 12.9. The molecule has 0 aliphatic carbocycles. The molecule has 0 bridgehead atoms. The number of sulfonamides is 1. The summed E-state index contributed by atoms with van der Waals surface area (Å²) in [5.41, 5.74) is 0.766. The molecule has 11 heteroatoms. The molecule has 2 amide bonds. The average molecular weight is 492 g/mol. The summed E-state index contributed by atoms with van der Waals surface area (Å²) in [7, 11) is -3.81. The van der Waals surface area contributed by atoms with Gasteiger partial charge in [0.25, 0.3) is 0 Å². The molecule has 0 aliphatic heterocycles. The lowest BCUT2D eigenvalue weighted by Gasteiger charge is -2.13. The highest BCUT2D eigenvalue weighted by Gasteiger charge is 2.18. The second kappa shape index (κ2) is 11.1. The summed E-state index contributed by atoms with van der Waals surface area (Å²) in [6, 6.07) is 14.5. The number of rotatable bonds is 10. The van der Waals surface area contributed by atoms with Crippen molar-refractivity contribution in [1.82, 2.24) is 4.72 Å². The standard InChI is InChI=1S/C22H22FN3O5S2/c1-15(32-14-21(27)25-17-9-7-16(23)8-10-17)22(28)26-18-4-2-6-20(12-18)33(29,30)24-13-19-5-3-11-31-19/h2-12,15,24H,13-14H2,1H3,(H,25,27)(H,26,28). The molecule has 0 spiro atoms. The first-order valence-corrected chi connectivity index (χ1v) is 12.4. The average Bonchev–Trinajstić information content (AvgIpc) is 3.32. The second-order valence-electron chi connectivity index (χ2n) is 6.93. The Morgan fingerprint density at radius 2 is 1.79 bits per heavy atom. The SMILES string of the molecule is CC(SCC(=O)Nc1ccc(F)cc1)C(=O)Nc1cccc(S(=O)(=O)NCc2ccco2)c1. The van der Waals surface area contributed by atoms with Crippen molar-refractivity contribution in [2.24, 2.45) is 0 Å². The molecule has 8 nitrogen and oxygen atoms in total. The lowest BCUT2D eigenvalue weighted by molar-refractivity contribution is -0.115. The molecule has 3 N–H and O–H groups in total. The van der Waals surface area contributed by atoms with Crippen LogP contribution in [0.2, 0.25) is 0 Å². The Hall–Kier alpha value is -3.15. The zero-order valence-corrected chi connectivity index (χ0v) is 19.2. The monoisotopic (exact) mass is 491 g/mol. The number of anilines is 2. The van der Waals surface area contributed by atoms with Crippen LogP contribution < -0.4 is 15.4 Å². The molecular weight excluding hydrogens is 469 g/mol. The smallest absolute Gasteiger partial charge is 0.241 e. The number of thioether (sulfide) groups is 1. The zero-order chi connectivity index (χ0) is 23.8. The van der Waals surface area contributed by atoms with Gasteiger partial charge < -0.3 is 15.1 Å². The van der Waals surface area contributed by atoms with E-state index in [4.69, 9.17) is 4.42 Å². The number of amides is 2. The Bertz CT molecular complexity index is 1200. The number of benzene rings is 2. The summed E-state index contributed by atoms with van der Waals surface area (Å²) in [6.07, 6.45) is 1.45. The summed E-state index contributed by atoms with van der Waals surface area (Å²) in [6.45, 7) is 1.64. The zero-order valence-electron chi connectivity index (χ0n) is 17.6. The Morgan fingerprint density at radius 1 is 1.03 bits per heavy atom. The van der Waals surface area contributed by atoms with Crippen LogP contribution in [0.1, 0.15) is 12.7 Å². The highest BCUT2D eigenvalue weighted by molar-refractivity contribution is 8.01. The molecule has 1 atom stereocenters. The molecule has 33 heavy (non-hydrogen) atoms. The fourth-order valence-corrected chi connectivity index (χ4v) is 4.38. The van der Waals surface area contributed by atoms with E-state index in [0.717, 1.165) is 11.8 Å². The summed E-state index contributed by atoms with van der Waals surface area (Å²) >= 11 is 1.11. The molecule has 3 aromatic rings. The van der Waals surface area contributed by atoms with E-state index in [9.17, 15) is 22.4 Å². The van der Waals surface area contributed by atoms with Crippen LogP contribution >= 0.6 is 11.8 Å². The van der Waals surface area contributed by atoms with Crippen LogP contribution in [-0.2, 0) is 26.2 Å². The van der Waals surface area contributed by atoms with Crippen molar-refractivity contribution in [2.75, 3.05) is 16.4 Å². The van der Waals surface area contributed by atoms with Gasteiger partial charge in [-0.3, -0.25) is 9.59 Å². The van der Waals surface area contributed by atoms with E-state index in [1.165, 1.54) is 48.7 Å². The molecule has 1 heterocycles. The van der Waals surface area contributed by atoms with Crippen LogP contribution in [-0.4, -0.2) is 31.2 Å². The Labute approximate surface area is 195 Å². The fourth-order valence-electron chi connectivity index (χ4n) is 2.65. The lowest BCUT2D eigenvalue weighted by Crippen LogP contribution is -2.26. The van der Waals surface area contributed by atoms with Crippen molar-refractivity contribution in [3.05, 3.63) is 78.5 Å². The molecule has 174 valence electrons. The third-order valence-electron chi connectivity index (χ3n) is 4.39. The van der Waals surface area contributed by atoms with E-state index in [2.05, 4.69) is 15.4 Å². The van der Waals surface area contributed by atoms with Gasteiger partial charge in [0, 0.05) is 11.4 Å². The number of halogens is 1. The van der Waals surface area contributed by atoms with Crippen LogP contribution in [0.25, 0.3) is 0 Å². The summed E-state index contributed by atoms with van der Waals surface area (Å²) in [5.74, 6) is -0.637. The molecule has 0 saturated heterocycles. The van der Waals surface area contributed by atoms with Crippen LogP contribution in [0.15, 0.2) is 76.2 Å². The molecule has 0 radical (unpaired) electrons. The minimum atomic E-state index is -3.81. The highest BCUT2D eigenvalue weighted by atomic mass is 32.2. The molecule has 2 aromatic carbocycles. The fraction of sp³-hybridized carbons (Fsp3) is 0.182. The van der Waals surface area contributed by atoms with E-state index in [0.29, 0.717) is 17.1 Å². The number of carbonyl (C=O) groups excluding carboxylic acids is 2. The predicted octanol–water partition coefficient (Wildman–Crippen LogP) is 3.60. The molecule has 0 fully saturated rings. The molecule has 0 aliphatic rings. The topological polar surface area (TPSA) is 118 Å². The number of nitrogens with one attached hydrogen (secondary N) is 3. The van der Waals surface area contributed by atoms with Gasteiger partial charge in [-0.15, -0.1) is 11.8 Å². The maximum Gasteiger partial charge on any atom is 0.241 e. The van der Waals surface area contributed by atoms with Gasteiger partial charge in [-0.25, -0.2) is 17.5 Å². The van der Waals surface area contributed by atoms with Gasteiger partial charge in [-0.2, -0.15) is 0 Å². The van der Waals surface area contributed by atoms with Gasteiger partial charge in [-0.05, 0) is 61.5 Å². The van der Waals surface area contributed by atoms with Gasteiger partial charge in [0.2, 0.25) is 21.8 Å². The Kier molecular flexibility index (Phi) is 8.26. The van der Waals surface area contributed by atoms with E-state index >= 15 is 0 Å². The number of furan rings is 1. The first-order chi connectivity index (χ1) is 15.7. The van der Waals surface area contributed by atoms with E-state index in [-0.39, 0.29) is 29.0 Å². The van der Waals surface area contributed by atoms with Crippen molar-refractivity contribution in [3.63, 3.8) is 0 Å². The van der Waals surface area contributed by atoms with E-state index < -0.39 is 21.1 Å². The summed E-state index contributed by atoms with van der Waals surface area (Å²) < 4.78 is 45.5. The van der Waals surface area contributed by atoms with Crippen LogP contribution in [0.5, 0.6) is 0 Å². The quantitative estimate of drug-likeness (QED) is 0.399. The van der Waals surface area contributed by atoms with E-state index in [1.807, 2.05) is 0 Å². The minimum Gasteiger partial charge on any atom is -0.468 e. The highest BCUT2D eigenvalue weighted by Crippen LogP contribution is 2.19. The molecule has 1 aromatic heterocycles.